The minimum atomic E-state index is 0.768. The monoisotopic (exact) mass is 230 g/mol. The fraction of sp³-hybridized carbons (Fsp3) is 0.0833. The van der Waals surface area contributed by atoms with Crippen molar-refractivity contribution in [1.82, 2.24) is 4.98 Å². The summed E-state index contributed by atoms with van der Waals surface area (Å²) in [6.45, 7) is 1.92. The fourth-order valence-electron chi connectivity index (χ4n) is 1.63. The lowest BCUT2D eigenvalue weighted by Gasteiger charge is -1.90. The predicted molar refractivity (Wildman–Crippen MR) is 66.5 cm³/mol. The molecule has 0 aliphatic heterocycles. The summed E-state index contributed by atoms with van der Waals surface area (Å²) in [7, 11) is 0. The molecule has 0 unspecified atom stereocenters. The molecule has 2 heterocycles. The molecule has 4 heteroatoms. The van der Waals surface area contributed by atoms with Crippen molar-refractivity contribution >= 4 is 27.2 Å². The van der Waals surface area contributed by atoms with Crippen molar-refractivity contribution in [2.45, 2.75) is 6.92 Å². The third-order valence-electron chi connectivity index (χ3n) is 2.40. The maximum absolute atomic E-state index is 5.89. The highest BCUT2D eigenvalue weighted by molar-refractivity contribution is 7.22. The number of hydrogen-bond donors (Lipinski definition) is 1. The van der Waals surface area contributed by atoms with E-state index in [-0.39, 0.29) is 0 Å². The summed E-state index contributed by atoms with van der Waals surface area (Å²) in [6, 6.07) is 9.63. The zero-order valence-corrected chi connectivity index (χ0v) is 9.54. The Kier molecular flexibility index (Phi) is 1.97. The van der Waals surface area contributed by atoms with Crippen molar-refractivity contribution in [3.05, 3.63) is 36.1 Å². The van der Waals surface area contributed by atoms with E-state index in [0.717, 1.165) is 32.4 Å². The third-order valence-corrected chi connectivity index (χ3v) is 3.53. The second kappa shape index (κ2) is 3.35. The number of nitrogens with two attached hydrogens (primary N) is 1. The lowest BCUT2D eigenvalue weighted by molar-refractivity contribution is 0.548. The van der Waals surface area contributed by atoms with Gasteiger partial charge in [0.15, 0.2) is 10.8 Å². The number of hydrogen-bond acceptors (Lipinski definition) is 4. The number of aryl methyl sites for hydroxylation is 1. The van der Waals surface area contributed by atoms with Crippen molar-refractivity contribution in [3.63, 3.8) is 0 Å². The van der Waals surface area contributed by atoms with E-state index in [2.05, 4.69) is 4.98 Å². The molecule has 1 aromatic carbocycles. The maximum atomic E-state index is 5.89. The normalized spacial score (nSPS) is 11.1. The number of benzene rings is 1. The topological polar surface area (TPSA) is 52.0 Å². The SMILES string of the molecule is Cc1ccc(-c2nc3cccc(N)c3s2)o1. The maximum Gasteiger partial charge on any atom is 0.162 e. The number of nitrogen functional groups attached to an aromatic ring is 1. The van der Waals surface area contributed by atoms with Gasteiger partial charge in [-0.25, -0.2) is 4.98 Å². The second-order valence-corrected chi connectivity index (χ2v) is 4.62. The quantitative estimate of drug-likeness (QED) is 0.651. The Balaban J connectivity index is 2.22. The number of thiazole rings is 1. The zero-order chi connectivity index (χ0) is 11.1. The van der Waals surface area contributed by atoms with Crippen LogP contribution in [0.4, 0.5) is 5.69 Å². The molecular formula is C12H10N2OS. The number of furan rings is 1. The van der Waals surface area contributed by atoms with Crippen LogP contribution in [-0.2, 0) is 0 Å². The van der Waals surface area contributed by atoms with Gasteiger partial charge in [-0.15, -0.1) is 11.3 Å². The van der Waals surface area contributed by atoms with Crippen LogP contribution in [0.25, 0.3) is 21.0 Å². The molecule has 16 heavy (non-hydrogen) atoms. The molecule has 0 spiro atoms. The molecule has 0 aliphatic carbocycles. The summed E-state index contributed by atoms with van der Waals surface area (Å²) in [5.74, 6) is 1.69. The Labute approximate surface area is 96.5 Å². The highest BCUT2D eigenvalue weighted by atomic mass is 32.1. The third kappa shape index (κ3) is 1.39. The van der Waals surface area contributed by atoms with Crippen molar-refractivity contribution in [3.8, 4) is 10.8 Å². The molecule has 0 amide bonds. The van der Waals surface area contributed by atoms with Crippen molar-refractivity contribution in [2.75, 3.05) is 5.73 Å². The van der Waals surface area contributed by atoms with E-state index < -0.39 is 0 Å². The Hall–Kier alpha value is -1.81. The van der Waals surface area contributed by atoms with E-state index in [9.17, 15) is 0 Å². The van der Waals surface area contributed by atoms with Gasteiger partial charge in [-0.05, 0) is 31.2 Å². The molecule has 2 N–H and O–H groups in total. The lowest BCUT2D eigenvalue weighted by atomic mass is 10.3. The molecule has 3 nitrogen and oxygen atoms in total. The summed E-state index contributed by atoms with van der Waals surface area (Å²) >= 11 is 1.56. The van der Waals surface area contributed by atoms with Gasteiger partial charge in [-0.1, -0.05) is 6.07 Å². The first-order chi connectivity index (χ1) is 7.74. The summed E-state index contributed by atoms with van der Waals surface area (Å²) in [4.78, 5) is 4.50. The Bertz CT molecular complexity index is 654. The fourth-order valence-corrected chi connectivity index (χ4v) is 2.58. The van der Waals surface area contributed by atoms with E-state index in [1.165, 1.54) is 0 Å². The highest BCUT2D eigenvalue weighted by Gasteiger charge is 2.10. The summed E-state index contributed by atoms with van der Waals surface area (Å²) in [5.41, 5.74) is 7.59. The van der Waals surface area contributed by atoms with Gasteiger partial charge >= 0.3 is 0 Å². The average Bonchev–Trinajstić information content (AvgIpc) is 2.84. The molecule has 0 bridgehead atoms. The molecule has 2 aromatic heterocycles. The van der Waals surface area contributed by atoms with E-state index in [1.54, 1.807) is 11.3 Å². The van der Waals surface area contributed by atoms with Gasteiger partial charge in [0, 0.05) is 0 Å². The molecule has 3 aromatic rings. The second-order valence-electron chi connectivity index (χ2n) is 3.62. The van der Waals surface area contributed by atoms with Crippen molar-refractivity contribution in [2.24, 2.45) is 0 Å². The van der Waals surface area contributed by atoms with E-state index in [0.29, 0.717) is 0 Å². The number of rotatable bonds is 1. The minimum absolute atomic E-state index is 0.768. The highest BCUT2D eigenvalue weighted by Crippen LogP contribution is 2.33. The zero-order valence-electron chi connectivity index (χ0n) is 8.73. The predicted octanol–water partition coefficient (Wildman–Crippen LogP) is 3.45. The molecule has 3 rings (SSSR count). The van der Waals surface area contributed by atoms with Crippen LogP contribution in [0.2, 0.25) is 0 Å². The number of anilines is 1. The first-order valence-electron chi connectivity index (χ1n) is 4.96. The van der Waals surface area contributed by atoms with Gasteiger partial charge in [0.05, 0.1) is 15.9 Å². The largest absolute Gasteiger partial charge is 0.459 e. The molecule has 0 radical (unpaired) electrons. The molecule has 0 atom stereocenters. The van der Waals surface area contributed by atoms with Crippen molar-refractivity contribution in [1.29, 1.82) is 0 Å². The van der Waals surface area contributed by atoms with Crippen LogP contribution in [-0.4, -0.2) is 4.98 Å². The van der Waals surface area contributed by atoms with Crippen molar-refractivity contribution < 1.29 is 4.42 Å². The standard InChI is InChI=1S/C12H10N2OS/c1-7-5-6-10(15-7)12-14-9-4-2-3-8(13)11(9)16-12/h2-6H,13H2,1H3. The van der Waals surface area contributed by atoms with Crippen LogP contribution in [0, 0.1) is 6.92 Å². The first kappa shape index (κ1) is 9.42. The van der Waals surface area contributed by atoms with Gasteiger partial charge in [-0.3, -0.25) is 0 Å². The van der Waals surface area contributed by atoms with Crippen LogP contribution in [0.15, 0.2) is 34.7 Å². The van der Waals surface area contributed by atoms with E-state index in [4.69, 9.17) is 10.2 Å². The summed E-state index contributed by atoms with van der Waals surface area (Å²) < 4.78 is 6.57. The molecule has 0 aliphatic rings. The summed E-state index contributed by atoms with van der Waals surface area (Å²) in [5, 5.41) is 0.876. The van der Waals surface area contributed by atoms with Crippen LogP contribution in [0.3, 0.4) is 0 Å². The summed E-state index contributed by atoms with van der Waals surface area (Å²) in [6.07, 6.45) is 0. The van der Waals surface area contributed by atoms with Gasteiger partial charge in [-0.2, -0.15) is 0 Å². The average molecular weight is 230 g/mol. The Morgan fingerprint density at radius 1 is 1.25 bits per heavy atom. The van der Waals surface area contributed by atoms with Crippen LogP contribution < -0.4 is 5.73 Å². The van der Waals surface area contributed by atoms with Gasteiger partial charge in [0.1, 0.15) is 5.76 Å². The Morgan fingerprint density at radius 2 is 2.12 bits per heavy atom. The van der Waals surface area contributed by atoms with Crippen LogP contribution in [0.5, 0.6) is 0 Å². The van der Waals surface area contributed by atoms with E-state index >= 15 is 0 Å². The first-order valence-corrected chi connectivity index (χ1v) is 5.77. The molecule has 80 valence electrons. The van der Waals surface area contributed by atoms with E-state index in [1.807, 2.05) is 37.3 Å². The number of aromatic nitrogens is 1. The molecule has 0 saturated carbocycles. The van der Waals surface area contributed by atoms with Gasteiger partial charge in [0.2, 0.25) is 0 Å². The minimum Gasteiger partial charge on any atom is -0.459 e. The van der Waals surface area contributed by atoms with Gasteiger partial charge < -0.3 is 10.2 Å². The van der Waals surface area contributed by atoms with Crippen LogP contribution in [0.1, 0.15) is 5.76 Å². The Morgan fingerprint density at radius 3 is 2.81 bits per heavy atom. The molecule has 0 saturated heterocycles. The van der Waals surface area contributed by atoms with Gasteiger partial charge in [0.25, 0.3) is 0 Å². The molecule has 0 fully saturated rings. The van der Waals surface area contributed by atoms with Crippen LogP contribution >= 0.6 is 11.3 Å². The number of fused-ring (bicyclic) bond motifs is 1. The smallest absolute Gasteiger partial charge is 0.162 e. The number of nitrogens with zero attached hydrogens (tertiary/aromatic N) is 1. The molecular weight excluding hydrogens is 220 g/mol. The lowest BCUT2D eigenvalue weighted by Crippen LogP contribution is -1.82.